The number of aryl methyl sites for hydroxylation is 1. The zero-order valence-electron chi connectivity index (χ0n) is 31.0. The second-order valence-electron chi connectivity index (χ2n) is 17.9. The standard InChI is InChI=1S/C39H53NO10/c1-21-26(49-32(45)48-21)20-47-30-38(8)27(50-29(42)22(2)46-9)10-11-37(7)28-25(41)18-23-24-19-34(4,31(43)44)13-12-33(24,3)14-15-35(23,5)36(28,6)16-17-39(37,38)40-30/h18,22,24,27-28H,10-17,19-20H2,1-9H3,(H,43,44)/t22-,24+,27+,28+,33-,34+,35-,36-,37-,38+,39+/m1/s1. The first-order chi connectivity index (χ1) is 23.3. The second kappa shape index (κ2) is 10.9. The highest BCUT2D eigenvalue weighted by Crippen LogP contribution is 2.78. The van der Waals surface area contributed by atoms with Gasteiger partial charge < -0.3 is 28.2 Å². The monoisotopic (exact) mass is 695 g/mol. The molecule has 6 aliphatic rings. The maximum atomic E-state index is 14.9. The second-order valence-corrected chi connectivity index (χ2v) is 17.9. The Morgan fingerprint density at radius 3 is 2.32 bits per heavy atom. The summed E-state index contributed by atoms with van der Waals surface area (Å²) in [5, 5.41) is 10.3. The molecular formula is C39H53NO10. The van der Waals surface area contributed by atoms with Gasteiger partial charge in [-0.1, -0.05) is 33.3 Å². The van der Waals surface area contributed by atoms with E-state index in [0.717, 1.165) is 31.3 Å². The summed E-state index contributed by atoms with van der Waals surface area (Å²) in [6, 6.07) is 0. The van der Waals surface area contributed by atoms with E-state index in [0.29, 0.717) is 43.8 Å². The molecule has 1 aliphatic heterocycles. The van der Waals surface area contributed by atoms with Gasteiger partial charge >= 0.3 is 17.8 Å². The average molecular weight is 696 g/mol. The Morgan fingerprint density at radius 1 is 0.980 bits per heavy atom. The quantitative estimate of drug-likeness (QED) is 0.323. The number of fused-ring (bicyclic) bond motifs is 6. The minimum Gasteiger partial charge on any atom is -0.481 e. The Bertz CT molecular complexity index is 1770. The fraction of sp³-hybridized carbons (Fsp3) is 0.769. The fourth-order valence-corrected chi connectivity index (χ4v) is 12.1. The van der Waals surface area contributed by atoms with Crippen molar-refractivity contribution in [2.45, 2.75) is 138 Å². The number of allylic oxidation sites excluding steroid dienone is 2. The van der Waals surface area contributed by atoms with E-state index >= 15 is 0 Å². The molecule has 1 aromatic heterocycles. The molecule has 0 amide bonds. The summed E-state index contributed by atoms with van der Waals surface area (Å²) in [6.07, 6.45) is 7.07. The molecule has 0 radical (unpaired) electrons. The number of hydrogen-bond acceptors (Lipinski definition) is 10. The maximum Gasteiger partial charge on any atom is 0.519 e. The van der Waals surface area contributed by atoms with Crippen LogP contribution in [0.3, 0.4) is 0 Å². The third-order valence-electron chi connectivity index (χ3n) is 15.8. The van der Waals surface area contributed by atoms with Crippen LogP contribution in [0.15, 0.2) is 30.3 Å². The van der Waals surface area contributed by atoms with Gasteiger partial charge in [-0.15, -0.1) is 0 Å². The minimum atomic E-state index is -0.870. The van der Waals surface area contributed by atoms with Crippen molar-refractivity contribution in [1.29, 1.82) is 0 Å². The van der Waals surface area contributed by atoms with Crippen molar-refractivity contribution in [3.63, 3.8) is 0 Å². The number of ether oxygens (including phenoxy) is 3. The maximum absolute atomic E-state index is 14.9. The zero-order chi connectivity index (χ0) is 36.4. The van der Waals surface area contributed by atoms with Crippen LogP contribution in [0.4, 0.5) is 0 Å². The van der Waals surface area contributed by atoms with Crippen LogP contribution >= 0.6 is 0 Å². The lowest BCUT2D eigenvalue weighted by atomic mass is 9.30. The number of carboxylic acids is 1. The van der Waals surface area contributed by atoms with Gasteiger partial charge in [-0.2, -0.15) is 0 Å². The summed E-state index contributed by atoms with van der Waals surface area (Å²) in [5.74, 6) is -1.28. The van der Waals surface area contributed by atoms with Gasteiger partial charge in [-0.25, -0.2) is 14.6 Å². The van der Waals surface area contributed by atoms with Crippen LogP contribution in [-0.4, -0.2) is 53.6 Å². The SMILES string of the molecule is CO[C@H](C)C(=O)O[C@H]1CC[C@]2(C)[C@H]3C(=O)C=C4[C@@H]5C[C@@](C)(C(=O)O)CC[C@]5(C)CC[C@@]4(C)[C@]3(C)CC[C@]23N=C(OCc2oc(=O)oc2C)[C@]13C. The lowest BCUT2D eigenvalue weighted by Crippen LogP contribution is -2.80. The topological polar surface area (TPSA) is 155 Å². The lowest BCUT2D eigenvalue weighted by Gasteiger charge is -2.75. The largest absolute Gasteiger partial charge is 0.519 e. The molecule has 274 valence electrons. The van der Waals surface area contributed by atoms with Crippen LogP contribution in [0.1, 0.15) is 118 Å². The zero-order valence-corrected chi connectivity index (χ0v) is 31.0. The number of carbonyl (C=O) groups excluding carboxylic acids is 2. The highest BCUT2D eigenvalue weighted by Gasteiger charge is 2.81. The van der Waals surface area contributed by atoms with Gasteiger partial charge in [0.25, 0.3) is 0 Å². The molecule has 4 saturated carbocycles. The predicted octanol–water partition coefficient (Wildman–Crippen LogP) is 6.58. The third-order valence-corrected chi connectivity index (χ3v) is 15.8. The summed E-state index contributed by atoms with van der Waals surface area (Å²) in [6.45, 7) is 16.3. The summed E-state index contributed by atoms with van der Waals surface area (Å²) in [4.78, 5) is 57.7. The van der Waals surface area contributed by atoms with Crippen LogP contribution in [0, 0.1) is 51.2 Å². The summed E-state index contributed by atoms with van der Waals surface area (Å²) < 4.78 is 28.1. The smallest absolute Gasteiger partial charge is 0.481 e. The van der Waals surface area contributed by atoms with Crippen molar-refractivity contribution in [2.75, 3.05) is 7.11 Å². The van der Waals surface area contributed by atoms with E-state index in [4.69, 9.17) is 28.0 Å². The lowest BCUT2D eigenvalue weighted by molar-refractivity contribution is -0.224. The normalized spacial score (nSPS) is 45.2. The van der Waals surface area contributed by atoms with E-state index in [1.807, 2.05) is 19.9 Å². The van der Waals surface area contributed by atoms with Crippen molar-refractivity contribution in [1.82, 2.24) is 0 Å². The van der Waals surface area contributed by atoms with Crippen molar-refractivity contribution in [2.24, 2.45) is 49.3 Å². The average Bonchev–Trinajstić information content (AvgIpc) is 3.38. The van der Waals surface area contributed by atoms with Gasteiger partial charge in [0.15, 0.2) is 35.9 Å². The molecule has 4 fully saturated rings. The molecule has 0 bridgehead atoms. The minimum absolute atomic E-state index is 0.0258. The first-order valence-electron chi connectivity index (χ1n) is 18.3. The summed E-state index contributed by atoms with van der Waals surface area (Å²) in [5.41, 5.74) is -2.64. The molecule has 0 unspecified atom stereocenters. The van der Waals surface area contributed by atoms with Crippen molar-refractivity contribution in [3.8, 4) is 0 Å². The molecule has 2 heterocycles. The number of rotatable bonds is 6. The van der Waals surface area contributed by atoms with Crippen LogP contribution < -0.4 is 5.82 Å². The Balaban J connectivity index is 1.30. The summed E-state index contributed by atoms with van der Waals surface area (Å²) >= 11 is 0. The number of aliphatic carboxylic acids is 1. The van der Waals surface area contributed by atoms with Crippen LogP contribution in [0.5, 0.6) is 0 Å². The number of esters is 1. The number of ketones is 1. The predicted molar refractivity (Wildman–Crippen MR) is 181 cm³/mol. The molecule has 1 aromatic rings. The van der Waals surface area contributed by atoms with Gasteiger partial charge in [0.05, 0.1) is 11.0 Å². The molecule has 11 nitrogen and oxygen atoms in total. The number of carbonyl (C=O) groups is 3. The number of carboxylic acid groups (broad SMARTS) is 1. The van der Waals surface area contributed by atoms with Gasteiger partial charge in [-0.05, 0) is 114 Å². The molecule has 7 rings (SSSR count). The van der Waals surface area contributed by atoms with E-state index in [1.165, 1.54) is 7.11 Å². The number of methoxy groups -OCH3 is 1. The van der Waals surface area contributed by atoms with Crippen LogP contribution in [-0.2, 0) is 35.2 Å². The Kier molecular flexibility index (Phi) is 7.68. The molecule has 50 heavy (non-hydrogen) atoms. The molecule has 1 N–H and O–H groups in total. The number of nitrogens with zero attached hydrogens (tertiary/aromatic N) is 1. The van der Waals surface area contributed by atoms with Gasteiger partial charge in [0, 0.05) is 18.4 Å². The highest BCUT2D eigenvalue weighted by molar-refractivity contribution is 5.98. The third kappa shape index (κ3) is 4.27. The highest BCUT2D eigenvalue weighted by atomic mass is 16.6. The molecule has 0 aromatic carbocycles. The number of aliphatic imine (C=N–C) groups is 1. The fourth-order valence-electron chi connectivity index (χ4n) is 12.1. The Labute approximate surface area is 293 Å². The van der Waals surface area contributed by atoms with Crippen LogP contribution in [0.25, 0.3) is 0 Å². The van der Waals surface area contributed by atoms with Crippen molar-refractivity contribution in [3.05, 3.63) is 33.8 Å². The van der Waals surface area contributed by atoms with Gasteiger partial charge in [0.1, 0.15) is 11.5 Å². The van der Waals surface area contributed by atoms with Crippen LogP contribution in [0.2, 0.25) is 0 Å². The first-order valence-corrected chi connectivity index (χ1v) is 18.3. The molecular weight excluding hydrogens is 642 g/mol. The van der Waals surface area contributed by atoms with E-state index in [2.05, 4.69) is 27.7 Å². The first kappa shape index (κ1) is 35.2. The van der Waals surface area contributed by atoms with Gasteiger partial charge in [-0.3, -0.25) is 9.59 Å². The van der Waals surface area contributed by atoms with Crippen molar-refractivity contribution < 1.29 is 42.5 Å². The van der Waals surface area contributed by atoms with Gasteiger partial charge in [0.2, 0.25) is 0 Å². The van der Waals surface area contributed by atoms with E-state index in [9.17, 15) is 24.3 Å². The Morgan fingerprint density at radius 2 is 1.68 bits per heavy atom. The summed E-state index contributed by atoms with van der Waals surface area (Å²) in [7, 11) is 1.47. The molecule has 0 saturated heterocycles. The Hall–Kier alpha value is -3.21. The van der Waals surface area contributed by atoms with E-state index < -0.39 is 57.2 Å². The number of hydrogen-bond donors (Lipinski definition) is 1. The molecule has 1 spiro atoms. The molecule has 11 heteroatoms. The molecule has 5 aliphatic carbocycles. The van der Waals surface area contributed by atoms with E-state index in [-0.39, 0.29) is 40.8 Å². The van der Waals surface area contributed by atoms with E-state index in [1.54, 1.807) is 13.8 Å². The van der Waals surface area contributed by atoms with Crippen molar-refractivity contribution >= 4 is 23.6 Å². The molecule has 11 atom stereocenters.